The monoisotopic (exact) mass is 410 g/mol. The van der Waals surface area contributed by atoms with Gasteiger partial charge in [0.1, 0.15) is 5.82 Å². The van der Waals surface area contributed by atoms with Gasteiger partial charge in [0.15, 0.2) is 0 Å². The number of nitrogens with one attached hydrogen (secondary N) is 1. The van der Waals surface area contributed by atoms with Gasteiger partial charge in [0.05, 0.1) is 5.54 Å². The highest BCUT2D eigenvalue weighted by Gasteiger charge is 2.32. The number of rotatable bonds is 4. The van der Waals surface area contributed by atoms with E-state index in [9.17, 15) is 14.0 Å². The Morgan fingerprint density at radius 1 is 1.10 bits per heavy atom. The summed E-state index contributed by atoms with van der Waals surface area (Å²) in [6.07, 6.45) is 2.37. The number of amides is 2. The van der Waals surface area contributed by atoms with Crippen molar-refractivity contribution in [1.82, 2.24) is 5.32 Å². The van der Waals surface area contributed by atoms with Crippen LogP contribution in [0.5, 0.6) is 0 Å². The number of nitrogens with zero attached hydrogens (tertiary/aromatic N) is 1. The first-order valence-corrected chi connectivity index (χ1v) is 10.5. The fraction of sp³-hybridized carbons (Fsp3) is 0.417. The van der Waals surface area contributed by atoms with Crippen LogP contribution in [-0.4, -0.2) is 31.6 Å². The number of hydrogen-bond donors (Lipinski definition) is 1. The first kappa shape index (κ1) is 20.5. The Hall–Kier alpha value is -2.73. The Kier molecular flexibility index (Phi) is 5.60. The van der Waals surface area contributed by atoms with Gasteiger partial charge in [-0.25, -0.2) is 4.39 Å². The van der Waals surface area contributed by atoms with Crippen molar-refractivity contribution in [2.75, 3.05) is 24.7 Å². The second-order valence-electron chi connectivity index (χ2n) is 8.56. The molecule has 2 amide bonds. The number of carbonyl (C=O) groups is 2. The summed E-state index contributed by atoms with van der Waals surface area (Å²) in [6.45, 7) is 5.87. The normalized spacial score (nSPS) is 17.0. The van der Waals surface area contributed by atoms with Gasteiger partial charge in [0.25, 0.3) is 5.91 Å². The van der Waals surface area contributed by atoms with Gasteiger partial charge >= 0.3 is 0 Å². The summed E-state index contributed by atoms with van der Waals surface area (Å²) in [7, 11) is 0. The molecular weight excluding hydrogens is 383 g/mol. The van der Waals surface area contributed by atoms with Crippen molar-refractivity contribution in [3.05, 3.63) is 65.0 Å². The molecule has 0 atom stereocenters. The predicted molar refractivity (Wildman–Crippen MR) is 113 cm³/mol. The highest BCUT2D eigenvalue weighted by atomic mass is 19.1. The van der Waals surface area contributed by atoms with Gasteiger partial charge in [-0.2, -0.15) is 0 Å². The SMILES string of the molecule is CC(C)(NC(=O)c1ccc(F)cc1)c1ccc2c(c1)CCN2C(=O)C1CCOCC1. The first-order valence-electron chi connectivity index (χ1n) is 10.5. The lowest BCUT2D eigenvalue weighted by Gasteiger charge is -2.29. The number of hydrogen-bond acceptors (Lipinski definition) is 3. The van der Waals surface area contributed by atoms with Crippen molar-refractivity contribution in [3.8, 4) is 0 Å². The molecule has 0 unspecified atom stereocenters. The summed E-state index contributed by atoms with van der Waals surface area (Å²) >= 11 is 0. The molecule has 0 saturated carbocycles. The summed E-state index contributed by atoms with van der Waals surface area (Å²) in [5.41, 5.74) is 2.86. The zero-order chi connectivity index (χ0) is 21.3. The van der Waals surface area contributed by atoms with Crippen LogP contribution in [0.2, 0.25) is 0 Å². The Labute approximate surface area is 176 Å². The number of benzene rings is 2. The maximum absolute atomic E-state index is 13.1. The second-order valence-corrected chi connectivity index (χ2v) is 8.56. The highest BCUT2D eigenvalue weighted by molar-refractivity contribution is 5.97. The molecule has 1 fully saturated rings. The van der Waals surface area contributed by atoms with E-state index >= 15 is 0 Å². The first-order chi connectivity index (χ1) is 14.3. The third-order valence-electron chi connectivity index (χ3n) is 6.07. The Balaban J connectivity index is 1.50. The maximum atomic E-state index is 13.1. The van der Waals surface area contributed by atoms with E-state index < -0.39 is 5.54 Å². The zero-order valence-corrected chi connectivity index (χ0v) is 17.4. The summed E-state index contributed by atoms with van der Waals surface area (Å²) in [5, 5.41) is 3.03. The maximum Gasteiger partial charge on any atom is 0.251 e. The van der Waals surface area contributed by atoms with Crippen LogP contribution in [0.15, 0.2) is 42.5 Å². The molecule has 5 nitrogen and oxygen atoms in total. The smallest absolute Gasteiger partial charge is 0.251 e. The number of carbonyl (C=O) groups excluding carboxylic acids is 2. The van der Waals surface area contributed by atoms with Crippen LogP contribution >= 0.6 is 0 Å². The topological polar surface area (TPSA) is 58.6 Å². The van der Waals surface area contributed by atoms with Crippen LogP contribution in [0.3, 0.4) is 0 Å². The molecule has 30 heavy (non-hydrogen) atoms. The number of halogens is 1. The summed E-state index contributed by atoms with van der Waals surface area (Å²) < 4.78 is 18.5. The van der Waals surface area contributed by atoms with E-state index in [1.54, 1.807) is 0 Å². The lowest BCUT2D eigenvalue weighted by molar-refractivity contribution is -0.125. The van der Waals surface area contributed by atoms with Gasteiger partial charge < -0.3 is 15.0 Å². The van der Waals surface area contributed by atoms with E-state index in [1.165, 1.54) is 24.3 Å². The number of fused-ring (bicyclic) bond motifs is 1. The molecule has 0 radical (unpaired) electrons. The fourth-order valence-corrected chi connectivity index (χ4v) is 4.21. The molecule has 2 aliphatic heterocycles. The van der Waals surface area contributed by atoms with Crippen LogP contribution < -0.4 is 10.2 Å². The lowest BCUT2D eigenvalue weighted by Crippen LogP contribution is -2.41. The molecule has 2 aromatic carbocycles. The standard InChI is InChI=1S/C24H27FN2O3/c1-24(2,26-22(28)16-3-6-20(25)7-4-16)19-5-8-21-18(15-19)9-12-27(21)23(29)17-10-13-30-14-11-17/h3-8,15,17H,9-14H2,1-2H3,(H,26,28). The predicted octanol–water partition coefficient (Wildman–Crippen LogP) is 3.81. The van der Waals surface area contributed by atoms with Gasteiger partial charge in [0.2, 0.25) is 5.91 Å². The minimum Gasteiger partial charge on any atom is -0.381 e. The lowest BCUT2D eigenvalue weighted by atomic mass is 9.91. The van der Waals surface area contributed by atoms with Crippen molar-refractivity contribution in [2.45, 2.75) is 38.6 Å². The zero-order valence-electron chi connectivity index (χ0n) is 17.4. The van der Waals surface area contributed by atoms with E-state index in [-0.39, 0.29) is 23.5 Å². The molecule has 0 aromatic heterocycles. The molecule has 2 aliphatic rings. The van der Waals surface area contributed by atoms with Gasteiger partial charge in [-0.3, -0.25) is 9.59 Å². The van der Waals surface area contributed by atoms with E-state index in [2.05, 4.69) is 11.4 Å². The van der Waals surface area contributed by atoms with Crippen molar-refractivity contribution in [3.63, 3.8) is 0 Å². The summed E-state index contributed by atoms with van der Waals surface area (Å²) in [6, 6.07) is 11.5. The van der Waals surface area contributed by atoms with Gasteiger partial charge in [0, 0.05) is 36.9 Å². The van der Waals surface area contributed by atoms with E-state index in [1.807, 2.05) is 30.9 Å². The van der Waals surface area contributed by atoms with Crippen molar-refractivity contribution in [2.24, 2.45) is 5.92 Å². The van der Waals surface area contributed by atoms with E-state index in [0.717, 1.165) is 36.1 Å². The van der Waals surface area contributed by atoms with Crippen LogP contribution in [0, 0.1) is 11.7 Å². The van der Waals surface area contributed by atoms with Gasteiger partial charge in [-0.05, 0) is 74.6 Å². The van der Waals surface area contributed by atoms with Gasteiger partial charge in [-0.15, -0.1) is 0 Å². The number of anilines is 1. The van der Waals surface area contributed by atoms with Crippen LogP contribution in [0.1, 0.15) is 48.2 Å². The van der Waals surface area contributed by atoms with Crippen molar-refractivity contribution >= 4 is 17.5 Å². The second kappa shape index (κ2) is 8.19. The third kappa shape index (κ3) is 4.10. The molecule has 6 heteroatoms. The number of ether oxygens (including phenoxy) is 1. The quantitative estimate of drug-likeness (QED) is 0.834. The average Bonchev–Trinajstić information content (AvgIpc) is 3.17. The molecule has 1 saturated heterocycles. The molecule has 2 heterocycles. The molecular formula is C24H27FN2O3. The molecule has 4 rings (SSSR count). The molecule has 0 spiro atoms. The minimum atomic E-state index is -0.612. The largest absolute Gasteiger partial charge is 0.381 e. The molecule has 2 aromatic rings. The van der Waals surface area contributed by atoms with Crippen LogP contribution in [0.25, 0.3) is 0 Å². The Morgan fingerprint density at radius 2 is 1.80 bits per heavy atom. The Morgan fingerprint density at radius 3 is 2.50 bits per heavy atom. The van der Waals surface area contributed by atoms with E-state index in [0.29, 0.717) is 25.3 Å². The van der Waals surface area contributed by atoms with Crippen molar-refractivity contribution in [1.29, 1.82) is 0 Å². The minimum absolute atomic E-state index is 0.0378. The van der Waals surface area contributed by atoms with Crippen LogP contribution in [-0.2, 0) is 21.5 Å². The fourth-order valence-electron chi connectivity index (χ4n) is 4.21. The molecule has 158 valence electrons. The van der Waals surface area contributed by atoms with Crippen LogP contribution in [0.4, 0.5) is 10.1 Å². The van der Waals surface area contributed by atoms with Crippen molar-refractivity contribution < 1.29 is 18.7 Å². The Bertz CT molecular complexity index is 949. The molecule has 1 N–H and O–H groups in total. The molecule has 0 aliphatic carbocycles. The highest BCUT2D eigenvalue weighted by Crippen LogP contribution is 2.34. The summed E-state index contributed by atoms with van der Waals surface area (Å²) in [4.78, 5) is 27.5. The third-order valence-corrected chi connectivity index (χ3v) is 6.07. The average molecular weight is 410 g/mol. The van der Waals surface area contributed by atoms with Gasteiger partial charge in [-0.1, -0.05) is 12.1 Å². The summed E-state index contributed by atoms with van der Waals surface area (Å²) in [5.74, 6) is -0.398. The van der Waals surface area contributed by atoms with E-state index in [4.69, 9.17) is 4.74 Å². The molecule has 0 bridgehead atoms.